The molecule has 0 radical (unpaired) electrons. The fourth-order valence-corrected chi connectivity index (χ4v) is 3.75. The molecule has 5 rings (SSSR count). The lowest BCUT2D eigenvalue weighted by Gasteiger charge is -2.34. The van der Waals surface area contributed by atoms with Crippen molar-refractivity contribution in [1.29, 1.82) is 0 Å². The van der Waals surface area contributed by atoms with Crippen molar-refractivity contribution in [1.82, 2.24) is 10.1 Å². The van der Waals surface area contributed by atoms with Crippen molar-refractivity contribution in [2.75, 3.05) is 36.0 Å². The largest absolute Gasteiger partial charge is 0.368 e. The van der Waals surface area contributed by atoms with Gasteiger partial charge in [-0.2, -0.15) is 4.98 Å². The molecule has 150 valence electrons. The molecule has 0 N–H and O–H groups in total. The Kier molecular flexibility index (Phi) is 4.51. The number of nitro benzene ring substituents is 1. The molecular weight excluding hydrogens is 382 g/mol. The van der Waals surface area contributed by atoms with E-state index in [2.05, 4.69) is 39.3 Å². The average molecular weight is 401 g/mol. The van der Waals surface area contributed by atoms with Crippen molar-refractivity contribution in [2.24, 2.45) is 0 Å². The molecule has 1 saturated heterocycles. The van der Waals surface area contributed by atoms with E-state index in [1.54, 1.807) is 12.1 Å². The molecule has 4 aromatic rings. The summed E-state index contributed by atoms with van der Waals surface area (Å²) in [4.78, 5) is 19.4. The molecule has 0 unspecified atom stereocenters. The van der Waals surface area contributed by atoms with Gasteiger partial charge in [0.15, 0.2) is 0 Å². The lowest BCUT2D eigenvalue weighted by atomic mass is 10.1. The molecule has 30 heavy (non-hydrogen) atoms. The van der Waals surface area contributed by atoms with E-state index in [0.717, 1.165) is 29.7 Å². The van der Waals surface area contributed by atoms with Crippen LogP contribution in [0, 0.1) is 10.1 Å². The number of non-ortho nitro benzene ring substituents is 1. The predicted octanol–water partition coefficient (Wildman–Crippen LogP) is 4.12. The van der Waals surface area contributed by atoms with Gasteiger partial charge in [-0.25, -0.2) is 0 Å². The van der Waals surface area contributed by atoms with Crippen molar-refractivity contribution in [2.45, 2.75) is 0 Å². The highest BCUT2D eigenvalue weighted by Gasteiger charge is 2.23. The number of nitro groups is 1. The molecule has 1 aliphatic rings. The Bertz CT molecular complexity index is 1210. The van der Waals surface area contributed by atoms with Gasteiger partial charge in [-0.05, 0) is 22.9 Å². The number of piperazine rings is 1. The Balaban J connectivity index is 1.29. The summed E-state index contributed by atoms with van der Waals surface area (Å²) >= 11 is 0. The van der Waals surface area contributed by atoms with Crippen LogP contribution in [0.2, 0.25) is 0 Å². The molecule has 1 fully saturated rings. The first kappa shape index (κ1) is 18.1. The molecular formula is C22H19N5O3. The third kappa shape index (κ3) is 3.43. The molecule has 0 atom stereocenters. The summed E-state index contributed by atoms with van der Waals surface area (Å²) in [5.41, 5.74) is 1.87. The van der Waals surface area contributed by atoms with Crippen LogP contribution in [0.3, 0.4) is 0 Å². The summed E-state index contributed by atoms with van der Waals surface area (Å²) < 4.78 is 5.52. The fourth-order valence-electron chi connectivity index (χ4n) is 3.75. The minimum atomic E-state index is -0.369. The van der Waals surface area contributed by atoms with E-state index < -0.39 is 0 Å². The van der Waals surface area contributed by atoms with Gasteiger partial charge in [0.1, 0.15) is 0 Å². The van der Waals surface area contributed by atoms with Gasteiger partial charge in [0.25, 0.3) is 5.69 Å². The Labute approximate surface area is 172 Å². The van der Waals surface area contributed by atoms with Crippen LogP contribution in [0.25, 0.3) is 22.2 Å². The SMILES string of the molecule is O=[N+]([O-])c1cccc(N2CCN(c3nc(-c4ccc5ccccc5c4)no3)CC2)c1. The van der Waals surface area contributed by atoms with Crippen LogP contribution < -0.4 is 9.80 Å². The first-order valence-corrected chi connectivity index (χ1v) is 9.75. The molecule has 8 heteroatoms. The second kappa shape index (κ2) is 7.47. The normalized spacial score (nSPS) is 14.3. The summed E-state index contributed by atoms with van der Waals surface area (Å²) in [5.74, 6) is 0.567. The van der Waals surface area contributed by atoms with Gasteiger partial charge >= 0.3 is 6.01 Å². The first-order chi connectivity index (χ1) is 14.7. The smallest absolute Gasteiger partial charge is 0.324 e. The minimum absolute atomic E-state index is 0.104. The van der Waals surface area contributed by atoms with Crippen LogP contribution in [0.4, 0.5) is 17.4 Å². The third-order valence-corrected chi connectivity index (χ3v) is 5.38. The number of nitrogens with zero attached hydrogens (tertiary/aromatic N) is 5. The number of rotatable bonds is 4. The minimum Gasteiger partial charge on any atom is -0.368 e. The van der Waals surface area contributed by atoms with Crippen LogP contribution >= 0.6 is 0 Å². The number of benzene rings is 3. The zero-order valence-corrected chi connectivity index (χ0v) is 16.1. The molecule has 0 amide bonds. The van der Waals surface area contributed by atoms with Crippen LogP contribution in [-0.4, -0.2) is 41.2 Å². The molecule has 1 aromatic heterocycles. The van der Waals surface area contributed by atoms with Gasteiger partial charge in [0.05, 0.1) is 4.92 Å². The van der Waals surface area contributed by atoms with Crippen molar-refractivity contribution in [3.05, 3.63) is 76.8 Å². The van der Waals surface area contributed by atoms with E-state index in [9.17, 15) is 10.1 Å². The van der Waals surface area contributed by atoms with E-state index in [1.807, 2.05) is 29.2 Å². The van der Waals surface area contributed by atoms with Gasteiger partial charge in [-0.3, -0.25) is 10.1 Å². The maximum absolute atomic E-state index is 11.0. The predicted molar refractivity (Wildman–Crippen MR) is 115 cm³/mol. The van der Waals surface area contributed by atoms with E-state index in [0.29, 0.717) is 24.9 Å². The topological polar surface area (TPSA) is 88.5 Å². The van der Waals surface area contributed by atoms with Crippen molar-refractivity contribution in [3.63, 3.8) is 0 Å². The average Bonchev–Trinajstić information content (AvgIpc) is 3.29. The van der Waals surface area contributed by atoms with Crippen molar-refractivity contribution >= 4 is 28.2 Å². The molecule has 0 saturated carbocycles. The molecule has 0 bridgehead atoms. The fraction of sp³-hybridized carbons (Fsp3) is 0.182. The molecule has 0 aliphatic carbocycles. The lowest BCUT2D eigenvalue weighted by molar-refractivity contribution is -0.384. The van der Waals surface area contributed by atoms with E-state index in [-0.39, 0.29) is 10.6 Å². The highest BCUT2D eigenvalue weighted by molar-refractivity contribution is 5.86. The summed E-state index contributed by atoms with van der Waals surface area (Å²) in [7, 11) is 0. The summed E-state index contributed by atoms with van der Waals surface area (Å²) in [6, 6.07) is 21.5. The molecule has 1 aliphatic heterocycles. The Morgan fingerprint density at radius 3 is 2.43 bits per heavy atom. The highest BCUT2D eigenvalue weighted by Crippen LogP contribution is 2.26. The number of hydrogen-bond donors (Lipinski definition) is 0. The summed E-state index contributed by atoms with van der Waals surface area (Å²) in [6.07, 6.45) is 0. The van der Waals surface area contributed by atoms with Gasteiger partial charge in [0, 0.05) is 49.6 Å². The lowest BCUT2D eigenvalue weighted by Crippen LogP contribution is -2.46. The van der Waals surface area contributed by atoms with Gasteiger partial charge in [0.2, 0.25) is 5.82 Å². The Morgan fingerprint density at radius 2 is 1.63 bits per heavy atom. The number of hydrogen-bond acceptors (Lipinski definition) is 7. The standard InChI is InChI=1S/C22H19N5O3/c28-27(29)20-7-3-6-19(15-20)25-10-12-26(13-11-25)22-23-21(24-30-22)18-9-8-16-4-1-2-5-17(16)14-18/h1-9,14-15H,10-13H2. The summed E-state index contributed by atoms with van der Waals surface area (Å²) in [5, 5.41) is 17.5. The van der Waals surface area contributed by atoms with E-state index in [1.165, 1.54) is 11.5 Å². The zero-order chi connectivity index (χ0) is 20.5. The Hall–Kier alpha value is -3.94. The molecule has 2 heterocycles. The maximum atomic E-state index is 11.0. The maximum Gasteiger partial charge on any atom is 0.324 e. The zero-order valence-electron chi connectivity index (χ0n) is 16.1. The van der Waals surface area contributed by atoms with Crippen LogP contribution in [0.5, 0.6) is 0 Å². The number of aromatic nitrogens is 2. The first-order valence-electron chi connectivity index (χ1n) is 9.75. The van der Waals surface area contributed by atoms with Crippen LogP contribution in [0.1, 0.15) is 0 Å². The van der Waals surface area contributed by atoms with E-state index >= 15 is 0 Å². The van der Waals surface area contributed by atoms with Crippen molar-refractivity contribution in [3.8, 4) is 11.4 Å². The quantitative estimate of drug-likeness (QED) is 0.375. The van der Waals surface area contributed by atoms with Crippen molar-refractivity contribution < 1.29 is 9.45 Å². The second-order valence-electron chi connectivity index (χ2n) is 7.21. The summed E-state index contributed by atoms with van der Waals surface area (Å²) in [6.45, 7) is 2.83. The third-order valence-electron chi connectivity index (χ3n) is 5.38. The van der Waals surface area contributed by atoms with Crippen LogP contribution in [0.15, 0.2) is 71.3 Å². The highest BCUT2D eigenvalue weighted by atomic mass is 16.6. The molecule has 3 aromatic carbocycles. The molecule has 8 nitrogen and oxygen atoms in total. The number of fused-ring (bicyclic) bond motifs is 1. The van der Waals surface area contributed by atoms with Gasteiger partial charge in [-0.1, -0.05) is 47.6 Å². The van der Waals surface area contributed by atoms with Gasteiger partial charge in [-0.15, -0.1) is 0 Å². The monoisotopic (exact) mass is 401 g/mol. The van der Waals surface area contributed by atoms with Crippen LogP contribution in [-0.2, 0) is 0 Å². The molecule has 0 spiro atoms. The second-order valence-corrected chi connectivity index (χ2v) is 7.21. The Morgan fingerprint density at radius 1 is 0.867 bits per heavy atom. The van der Waals surface area contributed by atoms with Gasteiger partial charge < -0.3 is 14.3 Å². The number of anilines is 2. The van der Waals surface area contributed by atoms with E-state index in [4.69, 9.17) is 4.52 Å².